The van der Waals surface area contributed by atoms with Crippen molar-refractivity contribution < 1.29 is 8.42 Å². The maximum absolute atomic E-state index is 11.5. The van der Waals surface area contributed by atoms with Gasteiger partial charge in [0.15, 0.2) is 0 Å². The maximum Gasteiger partial charge on any atom is 0.276 e. The lowest BCUT2D eigenvalue weighted by Gasteiger charge is -2.22. The van der Waals surface area contributed by atoms with Crippen LogP contribution in [0.4, 0.5) is 5.82 Å². The average Bonchev–Trinajstić information content (AvgIpc) is 2.63. The first-order chi connectivity index (χ1) is 9.95. The van der Waals surface area contributed by atoms with E-state index in [0.717, 1.165) is 27.1 Å². The molecule has 114 valence electrons. The number of halogens is 1. The van der Waals surface area contributed by atoms with E-state index >= 15 is 0 Å². The van der Waals surface area contributed by atoms with Crippen molar-refractivity contribution in [1.29, 1.82) is 0 Å². The molecule has 8 nitrogen and oxygen atoms in total. The van der Waals surface area contributed by atoms with Crippen LogP contribution in [0.2, 0.25) is 0 Å². The molecule has 3 heterocycles. The molecule has 1 saturated heterocycles. The van der Waals surface area contributed by atoms with Gasteiger partial charge in [-0.3, -0.25) is 0 Å². The van der Waals surface area contributed by atoms with Crippen LogP contribution >= 0.6 is 22.6 Å². The van der Waals surface area contributed by atoms with Crippen LogP contribution in [0, 0.1) is 3.70 Å². The molecule has 21 heavy (non-hydrogen) atoms. The Labute approximate surface area is 136 Å². The number of nitrogens with one attached hydrogen (secondary N) is 1. The number of nitrogens with two attached hydrogens (primary N) is 1. The van der Waals surface area contributed by atoms with Crippen LogP contribution in [-0.4, -0.2) is 53.9 Å². The quantitative estimate of drug-likeness (QED) is 0.676. The number of fused-ring (bicyclic) bond motifs is 1. The predicted molar refractivity (Wildman–Crippen MR) is 88.1 cm³/mol. The number of aromatic nitrogens is 3. The fourth-order valence-electron chi connectivity index (χ4n) is 2.51. The highest BCUT2D eigenvalue weighted by molar-refractivity contribution is 14.1. The van der Waals surface area contributed by atoms with Crippen molar-refractivity contribution in [2.24, 2.45) is 5.14 Å². The molecule has 3 N–H and O–H groups in total. The van der Waals surface area contributed by atoms with Crippen molar-refractivity contribution in [3.05, 3.63) is 16.1 Å². The van der Waals surface area contributed by atoms with E-state index < -0.39 is 10.2 Å². The zero-order valence-electron chi connectivity index (χ0n) is 11.2. The topological polar surface area (TPSA) is 108 Å². The third-order valence-electron chi connectivity index (χ3n) is 3.49. The minimum atomic E-state index is -3.63. The van der Waals surface area contributed by atoms with Crippen molar-refractivity contribution >= 4 is 49.7 Å². The van der Waals surface area contributed by atoms with E-state index in [9.17, 15) is 8.42 Å². The van der Waals surface area contributed by atoms with Gasteiger partial charge in [0.1, 0.15) is 17.8 Å². The van der Waals surface area contributed by atoms with E-state index in [1.54, 1.807) is 0 Å². The molecule has 2 aromatic heterocycles. The second-order valence-electron chi connectivity index (χ2n) is 4.86. The van der Waals surface area contributed by atoms with Gasteiger partial charge in [-0.25, -0.2) is 15.1 Å². The summed E-state index contributed by atoms with van der Waals surface area (Å²) in [5.74, 6) is 0.829. The summed E-state index contributed by atoms with van der Waals surface area (Å²) in [4.78, 5) is 13.8. The molecule has 10 heteroatoms. The van der Waals surface area contributed by atoms with Gasteiger partial charge in [-0.05, 0) is 35.1 Å². The first-order valence-corrected chi connectivity index (χ1v) is 9.05. The van der Waals surface area contributed by atoms with Crippen LogP contribution in [0.25, 0.3) is 11.0 Å². The van der Waals surface area contributed by atoms with Crippen molar-refractivity contribution in [3.63, 3.8) is 0 Å². The van der Waals surface area contributed by atoms with E-state index in [0.29, 0.717) is 26.1 Å². The van der Waals surface area contributed by atoms with Crippen LogP contribution in [-0.2, 0) is 10.2 Å². The summed E-state index contributed by atoms with van der Waals surface area (Å²) in [6.07, 6.45) is 2.23. The van der Waals surface area contributed by atoms with E-state index in [-0.39, 0.29) is 0 Å². The molecule has 3 rings (SSSR count). The Balaban J connectivity index is 1.89. The molecule has 0 unspecified atom stereocenters. The summed E-state index contributed by atoms with van der Waals surface area (Å²) in [5.41, 5.74) is 0.789. The van der Waals surface area contributed by atoms with Crippen LogP contribution < -0.4 is 10.0 Å². The molecule has 0 spiro atoms. The van der Waals surface area contributed by atoms with Gasteiger partial charge in [-0.15, -0.1) is 0 Å². The summed E-state index contributed by atoms with van der Waals surface area (Å²) in [6, 6.07) is 1.99. The van der Waals surface area contributed by atoms with Crippen LogP contribution in [0.15, 0.2) is 12.4 Å². The van der Waals surface area contributed by atoms with Crippen LogP contribution in [0.3, 0.4) is 0 Å². The number of hydrogen-bond donors (Lipinski definition) is 2. The van der Waals surface area contributed by atoms with Gasteiger partial charge in [0.25, 0.3) is 10.2 Å². The molecule has 0 aliphatic carbocycles. The smallest absolute Gasteiger partial charge is 0.276 e. The molecule has 0 amide bonds. The first-order valence-electron chi connectivity index (χ1n) is 6.47. The summed E-state index contributed by atoms with van der Waals surface area (Å²) in [7, 11) is -3.63. The lowest BCUT2D eigenvalue weighted by molar-refractivity contribution is 0.434. The minimum absolute atomic E-state index is 0.367. The molecule has 2 aromatic rings. The summed E-state index contributed by atoms with van der Waals surface area (Å²) in [6.45, 7) is 2.10. The second kappa shape index (κ2) is 5.66. The van der Waals surface area contributed by atoms with E-state index in [1.165, 1.54) is 10.6 Å². The third kappa shape index (κ3) is 3.12. The Morgan fingerprint density at radius 2 is 2.05 bits per heavy atom. The Bertz CT molecular complexity index is 761. The highest BCUT2D eigenvalue weighted by Gasteiger charge is 2.23. The molecule has 0 aromatic carbocycles. The Morgan fingerprint density at radius 1 is 1.24 bits per heavy atom. The SMILES string of the molecule is NS(=O)(=O)N1CCCN(c2ncnc3[nH]c(I)cc23)CC1. The van der Waals surface area contributed by atoms with Gasteiger partial charge < -0.3 is 9.88 Å². The molecule has 1 aliphatic rings. The normalized spacial score (nSPS) is 18.1. The van der Waals surface area contributed by atoms with Gasteiger partial charge in [-0.1, -0.05) is 0 Å². The zero-order chi connectivity index (χ0) is 15.0. The number of H-pyrrole nitrogens is 1. The first kappa shape index (κ1) is 14.9. The number of aromatic amines is 1. The summed E-state index contributed by atoms with van der Waals surface area (Å²) in [5, 5.41) is 6.16. The van der Waals surface area contributed by atoms with Gasteiger partial charge in [0, 0.05) is 26.2 Å². The molecule has 0 atom stereocenters. The summed E-state index contributed by atoms with van der Waals surface area (Å²) >= 11 is 2.20. The zero-order valence-corrected chi connectivity index (χ0v) is 14.1. The van der Waals surface area contributed by atoms with Gasteiger partial charge in [-0.2, -0.15) is 12.7 Å². The molecule has 1 aliphatic heterocycles. The average molecular weight is 422 g/mol. The van der Waals surface area contributed by atoms with Crippen molar-refractivity contribution in [3.8, 4) is 0 Å². The van der Waals surface area contributed by atoms with E-state index in [4.69, 9.17) is 5.14 Å². The van der Waals surface area contributed by atoms with E-state index in [1.807, 2.05) is 6.07 Å². The van der Waals surface area contributed by atoms with Crippen molar-refractivity contribution in [1.82, 2.24) is 19.3 Å². The van der Waals surface area contributed by atoms with Gasteiger partial charge in [0.2, 0.25) is 0 Å². The predicted octanol–water partition coefficient (Wildman–Crippen LogP) is 0.278. The minimum Gasteiger partial charge on any atom is -0.355 e. The van der Waals surface area contributed by atoms with E-state index in [2.05, 4.69) is 42.4 Å². The molecular formula is C11H15IN6O2S. The van der Waals surface area contributed by atoms with Gasteiger partial charge in [0.05, 0.1) is 9.09 Å². The highest BCUT2D eigenvalue weighted by atomic mass is 127. The molecule has 0 radical (unpaired) electrons. The lowest BCUT2D eigenvalue weighted by atomic mass is 10.3. The fourth-order valence-corrected chi connectivity index (χ4v) is 3.79. The number of hydrogen-bond acceptors (Lipinski definition) is 5. The fraction of sp³-hybridized carbons (Fsp3) is 0.455. The van der Waals surface area contributed by atoms with Crippen LogP contribution in [0.1, 0.15) is 6.42 Å². The Hall–Kier alpha value is -0.980. The lowest BCUT2D eigenvalue weighted by Crippen LogP contribution is -2.39. The standard InChI is InChI=1S/C11H15IN6O2S/c12-9-6-8-10(16-9)14-7-15-11(8)17-2-1-3-18(5-4-17)21(13,19)20/h6-7H,1-5H2,(H2,13,19,20)(H,14,15,16). The van der Waals surface area contributed by atoms with Crippen molar-refractivity contribution in [2.45, 2.75) is 6.42 Å². The largest absolute Gasteiger partial charge is 0.355 e. The third-order valence-corrected chi connectivity index (χ3v) is 5.15. The number of anilines is 1. The maximum atomic E-state index is 11.5. The highest BCUT2D eigenvalue weighted by Crippen LogP contribution is 2.25. The Morgan fingerprint density at radius 3 is 2.81 bits per heavy atom. The van der Waals surface area contributed by atoms with Crippen LogP contribution in [0.5, 0.6) is 0 Å². The van der Waals surface area contributed by atoms with Crippen molar-refractivity contribution in [2.75, 3.05) is 31.1 Å². The Kier molecular flexibility index (Phi) is 4.03. The number of rotatable bonds is 2. The molecule has 0 bridgehead atoms. The number of nitrogens with zero attached hydrogens (tertiary/aromatic N) is 4. The molecule has 0 saturated carbocycles. The summed E-state index contributed by atoms with van der Waals surface area (Å²) < 4.78 is 25.2. The molecule has 1 fully saturated rings. The second-order valence-corrected chi connectivity index (χ2v) is 7.57. The monoisotopic (exact) mass is 422 g/mol. The molecular weight excluding hydrogens is 407 g/mol. The van der Waals surface area contributed by atoms with Gasteiger partial charge >= 0.3 is 0 Å².